The number of hydrogen-bond donors (Lipinski definition) is 1. The number of benzene rings is 1. The van der Waals surface area contributed by atoms with Crippen LogP contribution in [0.1, 0.15) is 17.8 Å². The number of hydrogen-bond acceptors (Lipinski definition) is 3. The maximum absolute atomic E-state index is 12.9. The minimum Gasteiger partial charge on any atom is -0.330 e. The first-order valence-corrected chi connectivity index (χ1v) is 5.28. The van der Waals surface area contributed by atoms with E-state index in [9.17, 15) is 4.39 Å². The summed E-state index contributed by atoms with van der Waals surface area (Å²) in [6.45, 7) is 2.59. The van der Waals surface area contributed by atoms with Gasteiger partial charge >= 0.3 is 0 Å². The van der Waals surface area contributed by atoms with Gasteiger partial charge in [-0.25, -0.2) is 9.37 Å². The van der Waals surface area contributed by atoms with Crippen LogP contribution >= 0.6 is 11.3 Å². The lowest BCUT2D eigenvalue weighted by atomic mass is 10.2. The van der Waals surface area contributed by atoms with Crippen LogP contribution in [-0.2, 0) is 0 Å². The zero-order valence-electron chi connectivity index (χ0n) is 7.83. The van der Waals surface area contributed by atoms with E-state index < -0.39 is 0 Å². The summed E-state index contributed by atoms with van der Waals surface area (Å²) < 4.78 is 13.9. The fourth-order valence-electron chi connectivity index (χ4n) is 1.23. The zero-order valence-corrected chi connectivity index (χ0v) is 8.64. The van der Waals surface area contributed by atoms with Crippen LogP contribution < -0.4 is 5.73 Å². The average Bonchev–Trinajstić information content (AvgIpc) is 2.59. The van der Waals surface area contributed by atoms with Gasteiger partial charge in [0.25, 0.3) is 0 Å². The summed E-state index contributed by atoms with van der Waals surface area (Å²) in [4.78, 5) is 4.34. The molecule has 2 rings (SSSR count). The summed E-state index contributed by atoms with van der Waals surface area (Å²) in [6.07, 6.45) is 0. The van der Waals surface area contributed by atoms with E-state index in [1.165, 1.54) is 12.1 Å². The Labute approximate surface area is 85.6 Å². The molecule has 0 aliphatic carbocycles. The number of aromatic nitrogens is 1. The van der Waals surface area contributed by atoms with E-state index in [1.807, 2.05) is 6.92 Å². The van der Waals surface area contributed by atoms with Crippen LogP contribution in [0.2, 0.25) is 0 Å². The number of nitrogens with two attached hydrogens (primary N) is 1. The van der Waals surface area contributed by atoms with Crippen molar-refractivity contribution in [3.63, 3.8) is 0 Å². The van der Waals surface area contributed by atoms with Gasteiger partial charge < -0.3 is 5.73 Å². The Morgan fingerprint density at radius 3 is 3.07 bits per heavy atom. The number of nitrogens with zero attached hydrogens (tertiary/aromatic N) is 1. The van der Waals surface area contributed by atoms with Crippen molar-refractivity contribution < 1.29 is 4.39 Å². The van der Waals surface area contributed by atoms with Gasteiger partial charge in [0.1, 0.15) is 5.82 Å². The van der Waals surface area contributed by atoms with Crippen molar-refractivity contribution in [3.05, 3.63) is 29.0 Å². The molecule has 0 aliphatic rings. The first kappa shape index (κ1) is 9.55. The average molecular weight is 210 g/mol. The van der Waals surface area contributed by atoms with Crippen LogP contribution in [0.5, 0.6) is 0 Å². The molecule has 1 aromatic carbocycles. The molecule has 1 unspecified atom stereocenters. The van der Waals surface area contributed by atoms with E-state index in [0.717, 1.165) is 15.2 Å². The zero-order chi connectivity index (χ0) is 10.1. The molecule has 0 radical (unpaired) electrons. The molecule has 14 heavy (non-hydrogen) atoms. The van der Waals surface area contributed by atoms with Crippen LogP contribution in [0.4, 0.5) is 4.39 Å². The van der Waals surface area contributed by atoms with Crippen LogP contribution in [0, 0.1) is 5.82 Å². The van der Waals surface area contributed by atoms with Crippen LogP contribution in [-0.4, -0.2) is 11.5 Å². The van der Waals surface area contributed by atoms with Gasteiger partial charge in [-0.15, -0.1) is 11.3 Å². The summed E-state index contributed by atoms with van der Waals surface area (Å²) in [5.74, 6) is 0.00483. The highest BCUT2D eigenvalue weighted by molar-refractivity contribution is 7.18. The molecule has 0 saturated heterocycles. The summed E-state index contributed by atoms with van der Waals surface area (Å²) >= 11 is 1.58. The molecule has 0 saturated carbocycles. The highest BCUT2D eigenvalue weighted by Crippen LogP contribution is 2.27. The normalized spacial score (nSPS) is 13.4. The van der Waals surface area contributed by atoms with E-state index in [1.54, 1.807) is 17.4 Å². The third-order valence-corrected chi connectivity index (χ3v) is 3.41. The molecule has 4 heteroatoms. The van der Waals surface area contributed by atoms with E-state index in [4.69, 9.17) is 5.73 Å². The molecule has 2 aromatic rings. The molecular formula is C10H11FN2S. The molecule has 0 aliphatic heterocycles. The first-order valence-electron chi connectivity index (χ1n) is 4.46. The number of thiazole rings is 1. The lowest BCUT2D eigenvalue weighted by Crippen LogP contribution is -2.08. The van der Waals surface area contributed by atoms with E-state index in [0.29, 0.717) is 6.54 Å². The molecule has 0 amide bonds. The highest BCUT2D eigenvalue weighted by atomic mass is 32.1. The third-order valence-electron chi connectivity index (χ3n) is 2.14. The standard InChI is InChI=1S/C10H11FN2S/c1-6(5-12)10-13-8-4-7(11)2-3-9(8)14-10/h2-4,6H,5,12H2,1H3. The molecular weight excluding hydrogens is 199 g/mol. The van der Waals surface area contributed by atoms with Crippen LogP contribution in [0.25, 0.3) is 10.2 Å². The largest absolute Gasteiger partial charge is 0.330 e. The van der Waals surface area contributed by atoms with Gasteiger partial charge in [-0.1, -0.05) is 6.92 Å². The van der Waals surface area contributed by atoms with Crippen LogP contribution in [0.3, 0.4) is 0 Å². The Balaban J connectivity index is 2.51. The second-order valence-electron chi connectivity index (χ2n) is 3.30. The van der Waals surface area contributed by atoms with Crippen molar-refractivity contribution in [1.29, 1.82) is 0 Å². The minimum atomic E-state index is -0.241. The Bertz CT molecular complexity index is 452. The van der Waals surface area contributed by atoms with E-state index in [-0.39, 0.29) is 11.7 Å². The second-order valence-corrected chi connectivity index (χ2v) is 4.36. The maximum Gasteiger partial charge on any atom is 0.125 e. The topological polar surface area (TPSA) is 38.9 Å². The Hall–Kier alpha value is -1.00. The summed E-state index contributed by atoms with van der Waals surface area (Å²) in [6, 6.07) is 4.67. The molecule has 0 bridgehead atoms. The first-order chi connectivity index (χ1) is 6.70. The maximum atomic E-state index is 12.9. The summed E-state index contributed by atoms with van der Waals surface area (Å²) in [7, 11) is 0. The number of rotatable bonds is 2. The van der Waals surface area contributed by atoms with Gasteiger partial charge in [0, 0.05) is 18.5 Å². The predicted octanol–water partition coefficient (Wildman–Crippen LogP) is 2.50. The summed E-state index contributed by atoms with van der Waals surface area (Å²) in [5.41, 5.74) is 6.28. The smallest absolute Gasteiger partial charge is 0.125 e. The van der Waals surface area contributed by atoms with Gasteiger partial charge in [-0.05, 0) is 12.1 Å². The lowest BCUT2D eigenvalue weighted by molar-refractivity contribution is 0.629. The predicted molar refractivity (Wildman–Crippen MR) is 57.0 cm³/mol. The van der Waals surface area contributed by atoms with Crippen molar-refractivity contribution in [1.82, 2.24) is 4.98 Å². The monoisotopic (exact) mass is 210 g/mol. The molecule has 74 valence electrons. The fraction of sp³-hybridized carbons (Fsp3) is 0.300. The quantitative estimate of drug-likeness (QED) is 0.827. The van der Waals surface area contributed by atoms with Crippen molar-refractivity contribution >= 4 is 21.6 Å². The molecule has 1 atom stereocenters. The van der Waals surface area contributed by atoms with Crippen molar-refractivity contribution in [3.8, 4) is 0 Å². The van der Waals surface area contributed by atoms with E-state index >= 15 is 0 Å². The molecule has 0 fully saturated rings. The van der Waals surface area contributed by atoms with Gasteiger partial charge in [0.2, 0.25) is 0 Å². The lowest BCUT2D eigenvalue weighted by Gasteiger charge is -2.00. The number of halogens is 1. The minimum absolute atomic E-state index is 0.241. The second kappa shape index (κ2) is 3.63. The number of fused-ring (bicyclic) bond motifs is 1. The van der Waals surface area contributed by atoms with E-state index in [2.05, 4.69) is 4.98 Å². The van der Waals surface area contributed by atoms with Gasteiger partial charge in [-0.2, -0.15) is 0 Å². The van der Waals surface area contributed by atoms with Crippen LogP contribution in [0.15, 0.2) is 18.2 Å². The Kier molecular flexibility index (Phi) is 2.48. The molecule has 1 aromatic heterocycles. The van der Waals surface area contributed by atoms with Gasteiger partial charge in [-0.3, -0.25) is 0 Å². The SMILES string of the molecule is CC(CN)c1nc2cc(F)ccc2s1. The molecule has 1 heterocycles. The molecule has 2 N–H and O–H groups in total. The third kappa shape index (κ3) is 1.63. The molecule has 2 nitrogen and oxygen atoms in total. The van der Waals surface area contributed by atoms with Crippen molar-refractivity contribution in [2.45, 2.75) is 12.8 Å². The van der Waals surface area contributed by atoms with Gasteiger partial charge in [0.05, 0.1) is 15.2 Å². The van der Waals surface area contributed by atoms with Crippen molar-refractivity contribution in [2.75, 3.05) is 6.54 Å². The van der Waals surface area contributed by atoms with Gasteiger partial charge in [0.15, 0.2) is 0 Å². The fourth-order valence-corrected chi connectivity index (χ4v) is 2.24. The highest BCUT2D eigenvalue weighted by Gasteiger charge is 2.09. The summed E-state index contributed by atoms with van der Waals surface area (Å²) in [5, 5.41) is 0.980. The van der Waals surface area contributed by atoms with Crippen molar-refractivity contribution in [2.24, 2.45) is 5.73 Å². The molecule has 0 spiro atoms. The Morgan fingerprint density at radius 2 is 2.36 bits per heavy atom. The Morgan fingerprint density at radius 1 is 1.57 bits per heavy atom.